The molecule has 276 valence electrons. The van der Waals surface area contributed by atoms with Crippen LogP contribution in [0.2, 0.25) is 5.02 Å². The molecule has 0 bridgehead atoms. The van der Waals surface area contributed by atoms with Gasteiger partial charge in [0.15, 0.2) is 0 Å². The Bertz CT molecular complexity index is 2360. The summed E-state index contributed by atoms with van der Waals surface area (Å²) < 4.78 is 20.1. The Labute approximate surface area is 320 Å². The summed E-state index contributed by atoms with van der Waals surface area (Å²) in [5.41, 5.74) is 5.00. The minimum atomic E-state index is -1.58. The fourth-order valence-corrected chi connectivity index (χ4v) is 9.36. The maximum atomic E-state index is 15.2. The van der Waals surface area contributed by atoms with E-state index in [-0.39, 0.29) is 30.4 Å². The van der Waals surface area contributed by atoms with Crippen LogP contribution in [0.1, 0.15) is 35.8 Å². The summed E-state index contributed by atoms with van der Waals surface area (Å²) >= 11 is 6.35. The molecule has 2 saturated heterocycles. The van der Waals surface area contributed by atoms with Crippen LogP contribution in [0.5, 0.6) is 0 Å². The standard InChI is InChI=1S/C43H34ClFN4O6/c44-25-8-6-24(7-9-25)43-35(40(52)49(42(43)54)47-29-12-10-26(45)11-13-29)22-34-32(38(43)36-21-18-31(23-50)55-36)19-20-33-37(34)41(53)48(39(33)51)30-16-14-28(15-17-30)46-27-4-2-1-3-5-27/h1-19,21,33-35,37-38,46-47,50H,20,22-23H2. The molecule has 4 aliphatic rings. The summed E-state index contributed by atoms with van der Waals surface area (Å²) in [4.78, 5) is 60.0. The molecule has 1 saturated carbocycles. The van der Waals surface area contributed by atoms with Gasteiger partial charge in [0, 0.05) is 16.4 Å². The van der Waals surface area contributed by atoms with Crippen LogP contribution in [0.15, 0.2) is 131 Å². The van der Waals surface area contributed by atoms with Gasteiger partial charge in [-0.05, 0) is 109 Å². The molecule has 3 fully saturated rings. The van der Waals surface area contributed by atoms with Crippen molar-refractivity contribution in [3.05, 3.63) is 155 Å². The third-order valence-corrected chi connectivity index (χ3v) is 11.8. The highest BCUT2D eigenvalue weighted by Crippen LogP contribution is 2.64. The molecule has 4 amide bonds. The molecule has 1 aromatic heterocycles. The topological polar surface area (TPSA) is 132 Å². The summed E-state index contributed by atoms with van der Waals surface area (Å²) in [6.45, 7) is -0.399. The molecular weight excluding hydrogens is 723 g/mol. The van der Waals surface area contributed by atoms with Gasteiger partial charge in [-0.3, -0.25) is 29.5 Å². The van der Waals surface area contributed by atoms with E-state index in [2.05, 4.69) is 10.7 Å². The summed E-state index contributed by atoms with van der Waals surface area (Å²) in [5.74, 6) is -5.74. The van der Waals surface area contributed by atoms with E-state index in [4.69, 9.17) is 16.0 Å². The number of halogens is 2. The Morgan fingerprint density at radius 3 is 2.16 bits per heavy atom. The van der Waals surface area contributed by atoms with E-state index in [0.717, 1.165) is 16.4 Å². The minimum Gasteiger partial charge on any atom is -0.463 e. The number of amides is 4. The number of imide groups is 2. The number of hydrazine groups is 1. The van der Waals surface area contributed by atoms with Crippen LogP contribution in [0, 0.1) is 29.5 Å². The van der Waals surface area contributed by atoms with Crippen LogP contribution in [0.4, 0.5) is 27.1 Å². The summed E-state index contributed by atoms with van der Waals surface area (Å²) in [5, 5.41) is 14.8. The molecule has 6 atom stereocenters. The summed E-state index contributed by atoms with van der Waals surface area (Å²) in [7, 11) is 0. The van der Waals surface area contributed by atoms with Crippen molar-refractivity contribution in [2.24, 2.45) is 23.7 Å². The zero-order valence-corrected chi connectivity index (χ0v) is 29.9. The Balaban J connectivity index is 1.14. The second-order valence-corrected chi connectivity index (χ2v) is 14.8. The summed E-state index contributed by atoms with van der Waals surface area (Å²) in [6.07, 6.45) is 2.25. The lowest BCUT2D eigenvalue weighted by molar-refractivity contribution is -0.138. The number of hydrogen-bond acceptors (Lipinski definition) is 8. The minimum absolute atomic E-state index is 0.0820. The smallest absolute Gasteiger partial charge is 0.260 e. The fraction of sp³-hybridized carbons (Fsp3) is 0.209. The maximum absolute atomic E-state index is 15.2. The molecule has 5 aromatic rings. The van der Waals surface area contributed by atoms with Gasteiger partial charge in [-0.1, -0.05) is 53.6 Å². The van der Waals surface area contributed by atoms with Crippen LogP contribution in [0.3, 0.4) is 0 Å². The number of fused-ring (bicyclic) bond motifs is 4. The van der Waals surface area contributed by atoms with E-state index in [1.165, 1.54) is 29.2 Å². The Kier molecular flexibility index (Phi) is 8.43. The number of rotatable bonds is 8. The van der Waals surface area contributed by atoms with E-state index in [1.807, 2.05) is 48.5 Å². The van der Waals surface area contributed by atoms with Gasteiger partial charge in [-0.15, -0.1) is 0 Å². The normalized spacial score (nSPS) is 25.7. The van der Waals surface area contributed by atoms with Gasteiger partial charge < -0.3 is 14.8 Å². The highest BCUT2D eigenvalue weighted by atomic mass is 35.5. The van der Waals surface area contributed by atoms with Crippen LogP contribution in [-0.4, -0.2) is 33.7 Å². The number of para-hydroxylation sites is 1. The molecule has 2 aliphatic carbocycles. The van der Waals surface area contributed by atoms with Crippen molar-refractivity contribution in [3.8, 4) is 0 Å². The first-order valence-electron chi connectivity index (χ1n) is 18.0. The monoisotopic (exact) mass is 756 g/mol. The number of carbonyl (C=O) groups is 4. The number of allylic oxidation sites excluding steroid dienone is 2. The van der Waals surface area contributed by atoms with Gasteiger partial charge in [0.05, 0.1) is 35.0 Å². The van der Waals surface area contributed by atoms with Crippen molar-refractivity contribution in [2.45, 2.75) is 30.8 Å². The van der Waals surface area contributed by atoms with Gasteiger partial charge in [0.2, 0.25) is 11.8 Å². The predicted molar refractivity (Wildman–Crippen MR) is 202 cm³/mol. The fourth-order valence-electron chi connectivity index (χ4n) is 9.23. The average Bonchev–Trinajstić information content (AvgIpc) is 3.84. The molecule has 55 heavy (non-hydrogen) atoms. The number of hydrogen-bond donors (Lipinski definition) is 3. The van der Waals surface area contributed by atoms with Crippen molar-refractivity contribution < 1.29 is 33.1 Å². The van der Waals surface area contributed by atoms with E-state index in [9.17, 15) is 23.9 Å². The molecule has 4 aromatic carbocycles. The van der Waals surface area contributed by atoms with Gasteiger partial charge in [-0.25, -0.2) is 4.39 Å². The van der Waals surface area contributed by atoms with Gasteiger partial charge in [-0.2, -0.15) is 5.01 Å². The quantitative estimate of drug-likeness (QED) is 0.110. The number of nitrogens with one attached hydrogen (secondary N) is 2. The molecular formula is C43H34ClFN4O6. The number of carbonyl (C=O) groups excluding carboxylic acids is 4. The third kappa shape index (κ3) is 5.48. The molecule has 0 spiro atoms. The molecule has 2 aliphatic heterocycles. The Hall–Kier alpha value is -6.04. The molecule has 0 radical (unpaired) electrons. The Morgan fingerprint density at radius 2 is 1.47 bits per heavy atom. The first kappa shape index (κ1) is 34.7. The van der Waals surface area contributed by atoms with Crippen LogP contribution >= 0.6 is 11.6 Å². The highest BCUT2D eigenvalue weighted by molar-refractivity contribution is 6.30. The largest absolute Gasteiger partial charge is 0.463 e. The van der Waals surface area contributed by atoms with E-state index in [0.29, 0.717) is 33.3 Å². The number of aliphatic hydroxyl groups excluding tert-OH is 1. The number of furan rings is 1. The lowest BCUT2D eigenvalue weighted by Gasteiger charge is -2.49. The molecule has 9 rings (SSSR count). The molecule has 3 N–H and O–H groups in total. The molecule has 12 heteroatoms. The van der Waals surface area contributed by atoms with Crippen LogP contribution in [-0.2, 0) is 31.2 Å². The van der Waals surface area contributed by atoms with Crippen molar-refractivity contribution >= 4 is 58.0 Å². The van der Waals surface area contributed by atoms with E-state index in [1.54, 1.807) is 48.5 Å². The molecule has 3 heterocycles. The lowest BCUT2D eigenvalue weighted by Crippen LogP contribution is -2.53. The second kappa shape index (κ2) is 13.4. The van der Waals surface area contributed by atoms with Gasteiger partial charge in [0.1, 0.15) is 29.4 Å². The van der Waals surface area contributed by atoms with Crippen LogP contribution in [0.25, 0.3) is 0 Å². The maximum Gasteiger partial charge on any atom is 0.260 e. The lowest BCUT2D eigenvalue weighted by atomic mass is 9.50. The predicted octanol–water partition coefficient (Wildman–Crippen LogP) is 7.50. The zero-order valence-electron chi connectivity index (χ0n) is 29.2. The van der Waals surface area contributed by atoms with Crippen molar-refractivity contribution in [1.82, 2.24) is 5.01 Å². The van der Waals surface area contributed by atoms with E-state index >= 15 is 4.79 Å². The SMILES string of the molecule is O=C1C2CC3C(=CCC4C(=O)N(c5ccc(Nc6ccccc6)cc5)C(=O)C43)C(c3ccc(CO)o3)C2(c2ccc(Cl)cc2)C(=O)N1Nc1ccc(F)cc1. The van der Waals surface area contributed by atoms with Gasteiger partial charge >= 0.3 is 0 Å². The van der Waals surface area contributed by atoms with Gasteiger partial charge in [0.25, 0.3) is 11.8 Å². The van der Waals surface area contributed by atoms with Crippen molar-refractivity contribution in [2.75, 3.05) is 15.6 Å². The first-order valence-corrected chi connectivity index (χ1v) is 18.4. The molecule has 6 unspecified atom stereocenters. The number of anilines is 4. The second-order valence-electron chi connectivity index (χ2n) is 14.4. The number of nitrogens with zero attached hydrogens (tertiary/aromatic N) is 2. The number of benzene rings is 4. The number of aliphatic hydroxyl groups is 1. The first-order chi connectivity index (χ1) is 26.7. The Morgan fingerprint density at radius 1 is 0.782 bits per heavy atom. The van der Waals surface area contributed by atoms with Crippen LogP contribution < -0.4 is 15.6 Å². The van der Waals surface area contributed by atoms with E-state index < -0.39 is 59.2 Å². The average molecular weight is 757 g/mol. The third-order valence-electron chi connectivity index (χ3n) is 11.6. The molecule has 10 nitrogen and oxygen atoms in total. The van der Waals surface area contributed by atoms with Crippen molar-refractivity contribution in [1.29, 1.82) is 0 Å². The van der Waals surface area contributed by atoms with Crippen molar-refractivity contribution in [3.63, 3.8) is 0 Å². The zero-order chi connectivity index (χ0) is 38.0. The highest BCUT2D eigenvalue weighted by Gasteiger charge is 2.71. The summed E-state index contributed by atoms with van der Waals surface area (Å²) in [6, 6.07) is 32.1.